The van der Waals surface area contributed by atoms with E-state index in [-0.39, 0.29) is 0 Å². The smallest absolute Gasteiger partial charge is 0.229 e. The van der Waals surface area contributed by atoms with Crippen molar-refractivity contribution < 1.29 is 4.74 Å². The highest BCUT2D eigenvalue weighted by atomic mass is 16.5. The molecule has 0 aliphatic heterocycles. The molecule has 0 amide bonds. The van der Waals surface area contributed by atoms with Crippen LogP contribution < -0.4 is 15.0 Å². The molecule has 1 aromatic carbocycles. The first-order valence-corrected chi connectivity index (χ1v) is 8.93. The number of benzene rings is 1. The Balaban J connectivity index is 1.93. The van der Waals surface area contributed by atoms with Crippen LogP contribution in [0.5, 0.6) is 5.75 Å². The van der Waals surface area contributed by atoms with E-state index >= 15 is 0 Å². The summed E-state index contributed by atoms with van der Waals surface area (Å²) in [6.07, 6.45) is 0. The molecule has 1 N–H and O–H groups in total. The van der Waals surface area contributed by atoms with Crippen LogP contribution in [0.3, 0.4) is 0 Å². The second-order valence-corrected chi connectivity index (χ2v) is 5.82. The Labute approximate surface area is 153 Å². The highest BCUT2D eigenvalue weighted by Gasteiger charge is 2.16. The molecule has 138 valence electrons. The fourth-order valence-electron chi connectivity index (χ4n) is 2.76. The summed E-state index contributed by atoms with van der Waals surface area (Å²) in [6.45, 7) is 9.24. The third-order valence-electron chi connectivity index (χ3n) is 4.32. The predicted octanol–water partition coefficient (Wildman–Crippen LogP) is 2.71. The lowest BCUT2D eigenvalue weighted by Crippen LogP contribution is -2.24. The summed E-state index contributed by atoms with van der Waals surface area (Å²) in [4.78, 5) is 11.5. The van der Waals surface area contributed by atoms with E-state index in [0.29, 0.717) is 30.4 Å². The molecular formula is C18H25N7O. The van der Waals surface area contributed by atoms with Gasteiger partial charge in [0, 0.05) is 26.2 Å². The monoisotopic (exact) mass is 355 g/mol. The van der Waals surface area contributed by atoms with Crippen LogP contribution in [0.1, 0.15) is 26.3 Å². The van der Waals surface area contributed by atoms with Crippen molar-refractivity contribution in [3.05, 3.63) is 29.8 Å². The second kappa shape index (κ2) is 7.99. The summed E-state index contributed by atoms with van der Waals surface area (Å²) in [5.74, 6) is 2.23. The number of methoxy groups -OCH3 is 1. The van der Waals surface area contributed by atoms with Gasteiger partial charge in [-0.15, -0.1) is 5.10 Å². The van der Waals surface area contributed by atoms with Crippen molar-refractivity contribution in [2.75, 3.05) is 30.4 Å². The van der Waals surface area contributed by atoms with E-state index < -0.39 is 0 Å². The van der Waals surface area contributed by atoms with Gasteiger partial charge in [-0.05, 0) is 38.5 Å². The second-order valence-electron chi connectivity index (χ2n) is 5.82. The molecule has 0 bridgehead atoms. The standard InChI is InChI=1S/C18H25N7O/c1-5-24(6-2)18-20-16(15-17(21-18)25(7-3)23-22-15)19-12-13-8-10-14(26-4)11-9-13/h8-11H,5-7,12H2,1-4H3,(H,19,20,21). The van der Waals surface area contributed by atoms with E-state index in [4.69, 9.17) is 9.72 Å². The van der Waals surface area contributed by atoms with Crippen molar-refractivity contribution >= 4 is 22.9 Å². The minimum Gasteiger partial charge on any atom is -0.497 e. The predicted molar refractivity (Wildman–Crippen MR) is 103 cm³/mol. The average Bonchev–Trinajstić information content (AvgIpc) is 3.10. The van der Waals surface area contributed by atoms with E-state index in [9.17, 15) is 0 Å². The molecule has 8 heteroatoms. The number of nitrogens with zero attached hydrogens (tertiary/aromatic N) is 6. The summed E-state index contributed by atoms with van der Waals surface area (Å²) >= 11 is 0. The summed E-state index contributed by atoms with van der Waals surface area (Å²) in [5, 5.41) is 11.8. The molecule has 0 radical (unpaired) electrons. The zero-order valence-electron chi connectivity index (χ0n) is 15.7. The number of nitrogens with one attached hydrogen (secondary N) is 1. The Morgan fingerprint density at radius 3 is 2.42 bits per heavy atom. The number of aromatic nitrogens is 5. The Morgan fingerprint density at radius 1 is 1.08 bits per heavy atom. The summed E-state index contributed by atoms with van der Waals surface area (Å²) in [7, 11) is 1.66. The van der Waals surface area contributed by atoms with Gasteiger partial charge in [0.05, 0.1) is 7.11 Å². The first kappa shape index (κ1) is 17.9. The van der Waals surface area contributed by atoms with Gasteiger partial charge in [-0.2, -0.15) is 9.97 Å². The first-order valence-electron chi connectivity index (χ1n) is 8.93. The van der Waals surface area contributed by atoms with Gasteiger partial charge in [-0.3, -0.25) is 0 Å². The van der Waals surface area contributed by atoms with E-state index in [0.717, 1.165) is 30.0 Å². The van der Waals surface area contributed by atoms with Gasteiger partial charge < -0.3 is 15.0 Å². The van der Waals surface area contributed by atoms with Crippen molar-refractivity contribution in [2.24, 2.45) is 0 Å². The van der Waals surface area contributed by atoms with Gasteiger partial charge >= 0.3 is 0 Å². The Morgan fingerprint density at radius 2 is 1.81 bits per heavy atom. The molecule has 0 saturated heterocycles. The van der Waals surface area contributed by atoms with Crippen molar-refractivity contribution in [3.8, 4) is 5.75 Å². The van der Waals surface area contributed by atoms with Crippen molar-refractivity contribution in [1.29, 1.82) is 0 Å². The fourth-order valence-corrected chi connectivity index (χ4v) is 2.76. The number of fused-ring (bicyclic) bond motifs is 1. The molecule has 26 heavy (non-hydrogen) atoms. The third kappa shape index (κ3) is 3.54. The number of ether oxygens (including phenoxy) is 1. The molecule has 3 rings (SSSR count). The maximum absolute atomic E-state index is 5.20. The lowest BCUT2D eigenvalue weighted by atomic mass is 10.2. The molecule has 8 nitrogen and oxygen atoms in total. The molecular weight excluding hydrogens is 330 g/mol. The van der Waals surface area contributed by atoms with E-state index in [1.165, 1.54) is 0 Å². The van der Waals surface area contributed by atoms with Gasteiger partial charge in [0.2, 0.25) is 5.95 Å². The minimum atomic E-state index is 0.632. The topological polar surface area (TPSA) is 81.0 Å². The lowest BCUT2D eigenvalue weighted by Gasteiger charge is -2.19. The molecule has 0 spiro atoms. The van der Waals surface area contributed by atoms with Gasteiger partial charge in [0.15, 0.2) is 17.0 Å². The first-order chi connectivity index (χ1) is 12.7. The van der Waals surface area contributed by atoms with E-state index in [2.05, 4.69) is 39.4 Å². The summed E-state index contributed by atoms with van der Waals surface area (Å²) in [5.41, 5.74) is 2.57. The highest BCUT2D eigenvalue weighted by molar-refractivity contribution is 5.83. The quantitative estimate of drug-likeness (QED) is 0.665. The molecule has 0 aliphatic rings. The zero-order chi connectivity index (χ0) is 18.5. The minimum absolute atomic E-state index is 0.632. The lowest BCUT2D eigenvalue weighted by molar-refractivity contribution is 0.414. The zero-order valence-corrected chi connectivity index (χ0v) is 15.7. The van der Waals surface area contributed by atoms with Crippen LogP contribution in [-0.2, 0) is 13.1 Å². The number of aryl methyl sites for hydroxylation is 1. The van der Waals surface area contributed by atoms with Crippen LogP contribution in [0, 0.1) is 0 Å². The number of anilines is 2. The average molecular weight is 355 g/mol. The molecule has 0 unspecified atom stereocenters. The Hall–Kier alpha value is -2.90. The van der Waals surface area contributed by atoms with Gasteiger partial charge in [0.1, 0.15) is 5.75 Å². The van der Waals surface area contributed by atoms with Gasteiger partial charge in [0.25, 0.3) is 0 Å². The van der Waals surface area contributed by atoms with Crippen molar-refractivity contribution in [3.63, 3.8) is 0 Å². The molecule has 0 atom stereocenters. The maximum Gasteiger partial charge on any atom is 0.229 e. The third-order valence-corrected chi connectivity index (χ3v) is 4.32. The molecule has 3 aromatic rings. The SMILES string of the molecule is CCN(CC)c1nc(NCc2ccc(OC)cc2)c2nnn(CC)c2n1. The number of hydrogen-bond acceptors (Lipinski definition) is 7. The Kier molecular flexibility index (Phi) is 5.50. The normalized spacial score (nSPS) is 10.9. The number of hydrogen-bond donors (Lipinski definition) is 1. The molecule has 2 aromatic heterocycles. The van der Waals surface area contributed by atoms with Crippen molar-refractivity contribution in [1.82, 2.24) is 25.0 Å². The molecule has 0 saturated carbocycles. The van der Waals surface area contributed by atoms with Crippen LogP contribution in [0.25, 0.3) is 11.2 Å². The maximum atomic E-state index is 5.20. The van der Waals surface area contributed by atoms with Gasteiger partial charge in [-0.1, -0.05) is 17.3 Å². The van der Waals surface area contributed by atoms with Crippen LogP contribution in [0.4, 0.5) is 11.8 Å². The Bertz CT molecular complexity index is 856. The van der Waals surface area contributed by atoms with Crippen LogP contribution in [-0.4, -0.2) is 45.2 Å². The largest absolute Gasteiger partial charge is 0.497 e. The van der Waals surface area contributed by atoms with Crippen molar-refractivity contribution in [2.45, 2.75) is 33.9 Å². The van der Waals surface area contributed by atoms with Crippen LogP contribution in [0.2, 0.25) is 0 Å². The molecule has 2 heterocycles. The van der Waals surface area contributed by atoms with Crippen LogP contribution >= 0.6 is 0 Å². The molecule has 0 aliphatic carbocycles. The van der Waals surface area contributed by atoms with Crippen LogP contribution in [0.15, 0.2) is 24.3 Å². The van der Waals surface area contributed by atoms with E-state index in [1.807, 2.05) is 31.2 Å². The van der Waals surface area contributed by atoms with E-state index in [1.54, 1.807) is 11.8 Å². The molecule has 0 fully saturated rings. The van der Waals surface area contributed by atoms with Gasteiger partial charge in [-0.25, -0.2) is 4.68 Å². The summed E-state index contributed by atoms with van der Waals surface area (Å²) < 4.78 is 7.00. The summed E-state index contributed by atoms with van der Waals surface area (Å²) in [6, 6.07) is 7.94. The fraction of sp³-hybridized carbons (Fsp3) is 0.444. The number of rotatable bonds is 8. The highest BCUT2D eigenvalue weighted by Crippen LogP contribution is 2.22.